The molecule has 0 radical (unpaired) electrons. The van der Waals surface area contributed by atoms with Crippen LogP contribution in [0.4, 0.5) is 5.69 Å². The Hall–Kier alpha value is -3.21. The smallest absolute Gasteiger partial charge is 0.259 e. The summed E-state index contributed by atoms with van der Waals surface area (Å²) in [6.45, 7) is 0. The van der Waals surface area contributed by atoms with E-state index in [0.29, 0.717) is 11.1 Å². The second-order valence-corrected chi connectivity index (χ2v) is 4.90. The molecule has 5 nitrogen and oxygen atoms in total. The Morgan fingerprint density at radius 1 is 0.773 bits per heavy atom. The molecule has 0 bridgehead atoms. The molecule has 1 amide bonds. The van der Waals surface area contributed by atoms with Crippen molar-refractivity contribution in [3.05, 3.63) is 60.2 Å². The van der Waals surface area contributed by atoms with Crippen LogP contribution in [0.25, 0.3) is 10.8 Å². The van der Waals surface area contributed by atoms with Crippen molar-refractivity contribution in [2.75, 3.05) is 5.32 Å². The number of fused-ring (bicyclic) bond motifs is 1. The molecule has 0 aromatic heterocycles. The highest BCUT2D eigenvalue weighted by Gasteiger charge is 2.13. The molecule has 3 aromatic carbocycles. The summed E-state index contributed by atoms with van der Waals surface area (Å²) in [5.41, 5.74) is 0.638. The predicted octanol–water partition coefficient (Wildman–Crippen LogP) is 3.21. The zero-order chi connectivity index (χ0) is 15.7. The average Bonchev–Trinajstić information content (AvgIpc) is 2.48. The van der Waals surface area contributed by atoms with E-state index in [-0.39, 0.29) is 22.8 Å². The van der Waals surface area contributed by atoms with Gasteiger partial charge in [0.15, 0.2) is 0 Å². The molecule has 0 aliphatic rings. The summed E-state index contributed by atoms with van der Waals surface area (Å²) in [4.78, 5) is 12.2. The summed E-state index contributed by atoms with van der Waals surface area (Å²) in [7, 11) is 0. The van der Waals surface area contributed by atoms with Crippen molar-refractivity contribution in [1.29, 1.82) is 0 Å². The minimum absolute atomic E-state index is 0.0909. The Morgan fingerprint density at radius 2 is 1.45 bits per heavy atom. The summed E-state index contributed by atoms with van der Waals surface area (Å²) < 4.78 is 0. The maximum Gasteiger partial charge on any atom is 0.259 e. The number of carbonyl (C=O) groups is 1. The van der Waals surface area contributed by atoms with E-state index in [0.717, 1.165) is 5.39 Å². The summed E-state index contributed by atoms with van der Waals surface area (Å²) in [6, 6.07) is 13.7. The lowest BCUT2D eigenvalue weighted by molar-refractivity contribution is 0.102. The van der Waals surface area contributed by atoms with Gasteiger partial charge in [-0.25, -0.2) is 0 Å². The minimum Gasteiger partial charge on any atom is -0.508 e. The quantitative estimate of drug-likeness (QED) is 0.546. The zero-order valence-corrected chi connectivity index (χ0v) is 11.4. The van der Waals surface area contributed by atoms with Crippen LogP contribution in [0.1, 0.15) is 10.4 Å². The zero-order valence-electron chi connectivity index (χ0n) is 11.4. The molecular formula is C17H13NO4. The van der Waals surface area contributed by atoms with Crippen molar-refractivity contribution >= 4 is 22.4 Å². The third-order valence-corrected chi connectivity index (χ3v) is 3.31. The molecule has 0 atom stereocenters. The highest BCUT2D eigenvalue weighted by atomic mass is 16.3. The van der Waals surface area contributed by atoms with Crippen LogP contribution in [0.3, 0.4) is 0 Å². The molecule has 4 N–H and O–H groups in total. The van der Waals surface area contributed by atoms with E-state index in [9.17, 15) is 20.1 Å². The van der Waals surface area contributed by atoms with Gasteiger partial charge in [-0.1, -0.05) is 6.07 Å². The highest BCUT2D eigenvalue weighted by molar-refractivity contribution is 6.08. The topological polar surface area (TPSA) is 89.8 Å². The standard InChI is InChI=1S/C17H13NO4/c19-13-5-2-12(3-6-13)18-17(22)15-8-10-1-4-14(20)7-11(10)9-16(15)21/h1-9,19-21H,(H,18,22). The van der Waals surface area contributed by atoms with E-state index >= 15 is 0 Å². The third kappa shape index (κ3) is 2.64. The lowest BCUT2D eigenvalue weighted by atomic mass is 10.0. The number of hydrogen-bond donors (Lipinski definition) is 4. The summed E-state index contributed by atoms with van der Waals surface area (Å²) >= 11 is 0. The van der Waals surface area contributed by atoms with E-state index in [4.69, 9.17) is 0 Å². The number of rotatable bonds is 2. The first-order chi connectivity index (χ1) is 10.5. The molecule has 110 valence electrons. The molecule has 0 spiro atoms. The van der Waals surface area contributed by atoms with Crippen LogP contribution in [0.15, 0.2) is 54.6 Å². The van der Waals surface area contributed by atoms with Gasteiger partial charge >= 0.3 is 0 Å². The van der Waals surface area contributed by atoms with Crippen LogP contribution < -0.4 is 5.32 Å². The Labute approximate surface area is 126 Å². The molecule has 3 aromatic rings. The van der Waals surface area contributed by atoms with E-state index in [2.05, 4.69) is 5.32 Å². The van der Waals surface area contributed by atoms with E-state index in [1.807, 2.05) is 0 Å². The van der Waals surface area contributed by atoms with Crippen LogP contribution >= 0.6 is 0 Å². The fraction of sp³-hybridized carbons (Fsp3) is 0. The average molecular weight is 295 g/mol. The Bertz CT molecular complexity index is 856. The normalized spacial score (nSPS) is 10.5. The molecule has 0 unspecified atom stereocenters. The summed E-state index contributed by atoms with van der Waals surface area (Å²) in [5.74, 6) is -0.438. The van der Waals surface area contributed by atoms with Gasteiger partial charge in [-0.2, -0.15) is 0 Å². The first-order valence-corrected chi connectivity index (χ1v) is 6.59. The number of benzene rings is 3. The molecule has 0 fully saturated rings. The Balaban J connectivity index is 1.94. The molecule has 0 saturated heterocycles. The van der Waals surface area contributed by atoms with Crippen LogP contribution in [0, 0.1) is 0 Å². The number of nitrogens with one attached hydrogen (secondary N) is 1. The van der Waals surface area contributed by atoms with Crippen molar-refractivity contribution in [2.24, 2.45) is 0 Å². The van der Waals surface area contributed by atoms with Crippen molar-refractivity contribution in [3.63, 3.8) is 0 Å². The number of phenols is 3. The Morgan fingerprint density at radius 3 is 2.18 bits per heavy atom. The Kier molecular flexibility index (Phi) is 3.31. The monoisotopic (exact) mass is 295 g/mol. The van der Waals surface area contributed by atoms with Crippen molar-refractivity contribution in [1.82, 2.24) is 0 Å². The minimum atomic E-state index is -0.460. The molecule has 22 heavy (non-hydrogen) atoms. The number of anilines is 1. The van der Waals surface area contributed by atoms with Gasteiger partial charge in [0.25, 0.3) is 5.91 Å². The number of hydrogen-bond acceptors (Lipinski definition) is 4. The van der Waals surface area contributed by atoms with E-state index in [1.165, 1.54) is 30.3 Å². The highest BCUT2D eigenvalue weighted by Crippen LogP contribution is 2.28. The third-order valence-electron chi connectivity index (χ3n) is 3.31. The second kappa shape index (κ2) is 5.29. The molecule has 0 heterocycles. The van der Waals surface area contributed by atoms with Gasteiger partial charge < -0.3 is 20.6 Å². The van der Waals surface area contributed by atoms with E-state index < -0.39 is 5.91 Å². The van der Waals surface area contributed by atoms with Crippen LogP contribution in [0.5, 0.6) is 17.2 Å². The summed E-state index contributed by atoms with van der Waals surface area (Å²) in [6.07, 6.45) is 0. The molecule has 5 heteroatoms. The fourth-order valence-corrected chi connectivity index (χ4v) is 2.20. The largest absolute Gasteiger partial charge is 0.508 e. The van der Waals surface area contributed by atoms with Gasteiger partial charge in [0.2, 0.25) is 0 Å². The number of aromatic hydroxyl groups is 3. The van der Waals surface area contributed by atoms with Gasteiger partial charge in [-0.15, -0.1) is 0 Å². The van der Waals surface area contributed by atoms with Crippen LogP contribution in [-0.4, -0.2) is 21.2 Å². The first-order valence-electron chi connectivity index (χ1n) is 6.59. The molecule has 0 aliphatic heterocycles. The van der Waals surface area contributed by atoms with E-state index in [1.54, 1.807) is 24.3 Å². The molecular weight excluding hydrogens is 282 g/mol. The van der Waals surface area contributed by atoms with Crippen molar-refractivity contribution in [3.8, 4) is 17.2 Å². The second-order valence-electron chi connectivity index (χ2n) is 4.90. The maximum atomic E-state index is 12.2. The van der Waals surface area contributed by atoms with Gasteiger partial charge in [-0.05, 0) is 59.3 Å². The SMILES string of the molecule is O=C(Nc1ccc(O)cc1)c1cc2ccc(O)cc2cc1O. The van der Waals surface area contributed by atoms with Gasteiger partial charge in [0.1, 0.15) is 17.2 Å². The molecule has 0 saturated carbocycles. The van der Waals surface area contributed by atoms with Crippen molar-refractivity contribution in [2.45, 2.75) is 0 Å². The maximum absolute atomic E-state index is 12.2. The number of carbonyl (C=O) groups excluding carboxylic acids is 1. The summed E-state index contributed by atoms with van der Waals surface area (Å²) in [5, 5.41) is 32.7. The molecule has 0 aliphatic carbocycles. The fourth-order valence-electron chi connectivity index (χ4n) is 2.20. The van der Waals surface area contributed by atoms with Crippen LogP contribution in [-0.2, 0) is 0 Å². The van der Waals surface area contributed by atoms with Crippen LogP contribution in [0.2, 0.25) is 0 Å². The molecule has 3 rings (SSSR count). The number of phenolic OH excluding ortho intramolecular Hbond substituents is 3. The lowest BCUT2D eigenvalue weighted by Gasteiger charge is -2.09. The van der Waals surface area contributed by atoms with Crippen molar-refractivity contribution < 1.29 is 20.1 Å². The number of amides is 1. The van der Waals surface area contributed by atoms with Gasteiger partial charge in [0, 0.05) is 5.69 Å². The predicted molar refractivity (Wildman–Crippen MR) is 83.3 cm³/mol. The lowest BCUT2D eigenvalue weighted by Crippen LogP contribution is -2.12. The van der Waals surface area contributed by atoms with Gasteiger partial charge in [0.05, 0.1) is 5.56 Å². The first kappa shape index (κ1) is 13.8. The van der Waals surface area contributed by atoms with Gasteiger partial charge in [-0.3, -0.25) is 4.79 Å².